The van der Waals surface area contributed by atoms with E-state index in [1.807, 2.05) is 48.5 Å². The van der Waals surface area contributed by atoms with Gasteiger partial charge in [0, 0.05) is 18.0 Å². The van der Waals surface area contributed by atoms with Gasteiger partial charge in [0.15, 0.2) is 0 Å². The second-order valence-electron chi connectivity index (χ2n) is 8.33. The molecular weight excluding hydrogens is 390 g/mol. The van der Waals surface area contributed by atoms with Gasteiger partial charge in [0.1, 0.15) is 11.5 Å². The van der Waals surface area contributed by atoms with E-state index in [1.54, 1.807) is 19.2 Å². The maximum atomic E-state index is 13.4. The zero-order valence-electron chi connectivity index (χ0n) is 18.6. The third-order valence-electron chi connectivity index (χ3n) is 6.35. The molecule has 0 aromatic heterocycles. The largest absolute Gasteiger partial charge is 0.497 e. The standard InChI is InChI=1S/C25H31N3O3/c1-18-7-4-5-14-27(18)17-25(29)28-24(19-10-12-21(30-2)13-11-19)16-23(26-28)20-8-6-9-22(15-20)31-3/h6,8-13,15,18,24H,4-5,7,14,16-17H2,1-3H3. The molecule has 0 saturated carbocycles. The van der Waals surface area contributed by atoms with Gasteiger partial charge in [-0.15, -0.1) is 0 Å². The summed E-state index contributed by atoms with van der Waals surface area (Å²) < 4.78 is 10.7. The number of hydrazone groups is 1. The van der Waals surface area contributed by atoms with E-state index >= 15 is 0 Å². The summed E-state index contributed by atoms with van der Waals surface area (Å²) in [6.07, 6.45) is 4.20. The number of rotatable bonds is 6. The lowest BCUT2D eigenvalue weighted by Gasteiger charge is -2.34. The lowest BCUT2D eigenvalue weighted by atomic mass is 9.98. The summed E-state index contributed by atoms with van der Waals surface area (Å²) in [6, 6.07) is 16.1. The smallest absolute Gasteiger partial charge is 0.257 e. The van der Waals surface area contributed by atoms with Gasteiger partial charge in [-0.2, -0.15) is 5.10 Å². The van der Waals surface area contributed by atoms with Crippen LogP contribution < -0.4 is 9.47 Å². The van der Waals surface area contributed by atoms with Crippen molar-refractivity contribution in [2.45, 2.75) is 44.7 Å². The molecule has 2 heterocycles. The van der Waals surface area contributed by atoms with Gasteiger partial charge < -0.3 is 9.47 Å². The van der Waals surface area contributed by atoms with Crippen LogP contribution in [0.5, 0.6) is 11.5 Å². The molecule has 1 saturated heterocycles. The number of likely N-dealkylation sites (tertiary alicyclic amines) is 1. The van der Waals surface area contributed by atoms with Crippen LogP contribution in [0, 0.1) is 0 Å². The molecule has 6 heteroatoms. The molecule has 0 N–H and O–H groups in total. The molecule has 0 aliphatic carbocycles. The van der Waals surface area contributed by atoms with Crippen LogP contribution in [-0.4, -0.2) is 54.9 Å². The second kappa shape index (κ2) is 9.52. The second-order valence-corrected chi connectivity index (χ2v) is 8.33. The molecule has 0 spiro atoms. The highest BCUT2D eigenvalue weighted by Gasteiger charge is 2.34. The van der Waals surface area contributed by atoms with Crippen molar-refractivity contribution in [3.05, 3.63) is 59.7 Å². The summed E-state index contributed by atoms with van der Waals surface area (Å²) in [4.78, 5) is 15.7. The van der Waals surface area contributed by atoms with Crippen LogP contribution >= 0.6 is 0 Å². The van der Waals surface area contributed by atoms with Crippen molar-refractivity contribution in [1.82, 2.24) is 9.91 Å². The minimum Gasteiger partial charge on any atom is -0.497 e. The van der Waals surface area contributed by atoms with Crippen molar-refractivity contribution in [1.29, 1.82) is 0 Å². The quantitative estimate of drug-likeness (QED) is 0.700. The first-order valence-electron chi connectivity index (χ1n) is 11.0. The van der Waals surface area contributed by atoms with Crippen molar-refractivity contribution in [2.75, 3.05) is 27.3 Å². The molecule has 0 bridgehead atoms. The Balaban J connectivity index is 1.61. The van der Waals surface area contributed by atoms with Gasteiger partial charge in [0.2, 0.25) is 0 Å². The molecule has 2 atom stereocenters. The van der Waals surface area contributed by atoms with E-state index in [0.29, 0.717) is 19.0 Å². The summed E-state index contributed by atoms with van der Waals surface area (Å²) in [7, 11) is 3.32. The molecule has 2 aromatic rings. The van der Waals surface area contributed by atoms with Gasteiger partial charge in [0.25, 0.3) is 5.91 Å². The Labute approximate surface area is 184 Å². The van der Waals surface area contributed by atoms with E-state index in [9.17, 15) is 4.79 Å². The van der Waals surface area contributed by atoms with Gasteiger partial charge in [-0.05, 0) is 56.1 Å². The Morgan fingerprint density at radius 1 is 1.06 bits per heavy atom. The minimum atomic E-state index is -0.125. The van der Waals surface area contributed by atoms with E-state index in [0.717, 1.165) is 47.7 Å². The number of ether oxygens (including phenoxy) is 2. The van der Waals surface area contributed by atoms with Crippen molar-refractivity contribution < 1.29 is 14.3 Å². The van der Waals surface area contributed by atoms with Crippen LogP contribution in [0.2, 0.25) is 0 Å². The SMILES string of the molecule is COc1ccc(C2CC(c3cccc(OC)c3)=NN2C(=O)CN2CCCCC2C)cc1. The number of hydrogen-bond acceptors (Lipinski definition) is 5. The normalized spacial score (nSPS) is 21.6. The summed E-state index contributed by atoms with van der Waals surface area (Å²) in [5.41, 5.74) is 2.95. The monoisotopic (exact) mass is 421 g/mol. The Morgan fingerprint density at radius 2 is 1.84 bits per heavy atom. The predicted molar refractivity (Wildman–Crippen MR) is 122 cm³/mol. The molecule has 1 fully saturated rings. The minimum absolute atomic E-state index is 0.0486. The first kappa shape index (κ1) is 21.4. The lowest BCUT2D eigenvalue weighted by Crippen LogP contribution is -2.44. The number of carbonyl (C=O) groups is 1. The topological polar surface area (TPSA) is 54.4 Å². The molecule has 1 amide bonds. The third-order valence-corrected chi connectivity index (χ3v) is 6.35. The van der Waals surface area contributed by atoms with Crippen LogP contribution in [0.25, 0.3) is 0 Å². The van der Waals surface area contributed by atoms with Crippen molar-refractivity contribution >= 4 is 11.6 Å². The lowest BCUT2D eigenvalue weighted by molar-refractivity contribution is -0.135. The molecule has 2 aliphatic rings. The highest BCUT2D eigenvalue weighted by molar-refractivity contribution is 6.03. The number of piperidine rings is 1. The number of hydrogen-bond donors (Lipinski definition) is 0. The van der Waals surface area contributed by atoms with Gasteiger partial charge >= 0.3 is 0 Å². The number of amides is 1. The number of nitrogens with zero attached hydrogens (tertiary/aromatic N) is 3. The van der Waals surface area contributed by atoms with Gasteiger partial charge in [-0.25, -0.2) is 5.01 Å². The molecule has 2 unspecified atom stereocenters. The first-order valence-corrected chi connectivity index (χ1v) is 11.0. The van der Waals surface area contributed by atoms with Crippen molar-refractivity contribution in [2.24, 2.45) is 5.10 Å². The van der Waals surface area contributed by atoms with E-state index in [-0.39, 0.29) is 11.9 Å². The average molecular weight is 422 g/mol. The van der Waals surface area contributed by atoms with Crippen LogP contribution in [0.15, 0.2) is 53.6 Å². The third kappa shape index (κ3) is 4.74. The zero-order chi connectivity index (χ0) is 21.8. The van der Waals surface area contributed by atoms with Crippen LogP contribution in [-0.2, 0) is 4.79 Å². The Hall–Kier alpha value is -2.86. The van der Waals surface area contributed by atoms with E-state index in [2.05, 4.69) is 11.8 Å². The summed E-state index contributed by atoms with van der Waals surface area (Å²) in [5, 5.41) is 6.50. The molecule has 31 heavy (non-hydrogen) atoms. The van der Waals surface area contributed by atoms with E-state index in [1.165, 1.54) is 6.42 Å². The molecule has 2 aliphatic heterocycles. The van der Waals surface area contributed by atoms with Gasteiger partial charge in [0.05, 0.1) is 32.5 Å². The zero-order valence-corrected chi connectivity index (χ0v) is 18.6. The van der Waals surface area contributed by atoms with E-state index in [4.69, 9.17) is 14.6 Å². The summed E-state index contributed by atoms with van der Waals surface area (Å²) in [5.74, 6) is 1.64. The molecule has 164 valence electrons. The fourth-order valence-electron chi connectivity index (χ4n) is 4.44. The Kier molecular flexibility index (Phi) is 6.56. The fraction of sp³-hybridized carbons (Fsp3) is 0.440. The molecule has 0 radical (unpaired) electrons. The maximum Gasteiger partial charge on any atom is 0.257 e. The highest BCUT2D eigenvalue weighted by atomic mass is 16.5. The fourth-order valence-corrected chi connectivity index (χ4v) is 4.44. The molecule has 6 nitrogen and oxygen atoms in total. The maximum absolute atomic E-state index is 13.4. The summed E-state index contributed by atoms with van der Waals surface area (Å²) in [6.45, 7) is 3.59. The van der Waals surface area contributed by atoms with E-state index < -0.39 is 0 Å². The predicted octanol–water partition coefficient (Wildman–Crippen LogP) is 4.26. The highest BCUT2D eigenvalue weighted by Crippen LogP contribution is 2.34. The van der Waals surface area contributed by atoms with Crippen LogP contribution in [0.4, 0.5) is 0 Å². The average Bonchev–Trinajstić information content (AvgIpc) is 3.26. The van der Waals surface area contributed by atoms with Crippen molar-refractivity contribution in [3.63, 3.8) is 0 Å². The van der Waals surface area contributed by atoms with Crippen LogP contribution in [0.1, 0.15) is 49.8 Å². The Bertz CT molecular complexity index is 941. The molecular formula is C25H31N3O3. The van der Waals surface area contributed by atoms with Gasteiger partial charge in [-0.1, -0.05) is 30.7 Å². The van der Waals surface area contributed by atoms with Crippen molar-refractivity contribution in [3.8, 4) is 11.5 Å². The Morgan fingerprint density at radius 3 is 2.55 bits per heavy atom. The molecule has 2 aromatic carbocycles. The first-order chi connectivity index (χ1) is 15.1. The number of methoxy groups -OCH3 is 2. The number of carbonyl (C=O) groups excluding carboxylic acids is 1. The number of benzene rings is 2. The van der Waals surface area contributed by atoms with Crippen LogP contribution in [0.3, 0.4) is 0 Å². The summed E-state index contributed by atoms with van der Waals surface area (Å²) >= 11 is 0. The molecule has 4 rings (SSSR count). The van der Waals surface area contributed by atoms with Gasteiger partial charge in [-0.3, -0.25) is 9.69 Å².